The highest BCUT2D eigenvalue weighted by Crippen LogP contribution is 2.27. The van der Waals surface area contributed by atoms with Crippen molar-refractivity contribution in [1.82, 2.24) is 10.3 Å². The normalized spacial score (nSPS) is 23.9. The topological polar surface area (TPSA) is 54.0 Å². The molecule has 16 heavy (non-hydrogen) atoms. The molecule has 1 aromatic rings. The molecule has 1 aromatic heterocycles. The van der Waals surface area contributed by atoms with Crippen molar-refractivity contribution < 1.29 is 4.79 Å². The fraction of sp³-hybridized carbons (Fsp3) is 0.600. The molecule has 1 aliphatic rings. The van der Waals surface area contributed by atoms with Crippen molar-refractivity contribution in [2.75, 3.05) is 18.4 Å². The van der Waals surface area contributed by atoms with E-state index in [4.69, 9.17) is 0 Å². The summed E-state index contributed by atoms with van der Waals surface area (Å²) in [6.45, 7) is 5.64. The zero-order valence-electron chi connectivity index (χ0n) is 9.37. The number of carbonyl (C=O) groups is 1. The van der Waals surface area contributed by atoms with Crippen LogP contribution in [0.15, 0.2) is 6.20 Å². The van der Waals surface area contributed by atoms with Crippen molar-refractivity contribution in [3.05, 3.63) is 11.1 Å². The maximum absolute atomic E-state index is 12.0. The maximum atomic E-state index is 12.0. The number of thiazole rings is 1. The van der Waals surface area contributed by atoms with Gasteiger partial charge in [-0.15, -0.1) is 23.7 Å². The van der Waals surface area contributed by atoms with Crippen molar-refractivity contribution >= 4 is 34.8 Å². The second kappa shape index (κ2) is 5.12. The van der Waals surface area contributed by atoms with Crippen LogP contribution in [0.4, 0.5) is 5.13 Å². The molecule has 6 heteroatoms. The highest BCUT2D eigenvalue weighted by Gasteiger charge is 2.36. The average molecular weight is 262 g/mol. The summed E-state index contributed by atoms with van der Waals surface area (Å²) in [7, 11) is 0. The first-order valence-corrected chi connectivity index (χ1v) is 5.86. The van der Waals surface area contributed by atoms with Crippen LogP contribution in [0.5, 0.6) is 0 Å². The molecular weight excluding hydrogens is 246 g/mol. The second-order valence-electron chi connectivity index (χ2n) is 4.22. The number of aromatic nitrogens is 1. The quantitative estimate of drug-likeness (QED) is 0.854. The van der Waals surface area contributed by atoms with Gasteiger partial charge in [0.25, 0.3) is 0 Å². The van der Waals surface area contributed by atoms with Crippen molar-refractivity contribution in [2.24, 2.45) is 5.41 Å². The van der Waals surface area contributed by atoms with E-state index in [9.17, 15) is 4.79 Å². The standard InChI is InChI=1S/C10H15N3OS.ClH/c1-7-5-12-9(15-7)13-8(14)10(2)3-4-11-6-10;/h5,11H,3-4,6H2,1-2H3,(H,12,13,14);1H. The highest BCUT2D eigenvalue weighted by molar-refractivity contribution is 7.15. The molecule has 0 saturated carbocycles. The number of carbonyl (C=O) groups excluding carboxylic acids is 1. The molecular formula is C10H16ClN3OS. The minimum Gasteiger partial charge on any atom is -0.316 e. The van der Waals surface area contributed by atoms with E-state index in [0.717, 1.165) is 24.4 Å². The molecule has 4 nitrogen and oxygen atoms in total. The van der Waals surface area contributed by atoms with Crippen LogP contribution in [0.3, 0.4) is 0 Å². The first-order valence-electron chi connectivity index (χ1n) is 5.05. The van der Waals surface area contributed by atoms with E-state index in [1.54, 1.807) is 6.20 Å². The lowest BCUT2D eigenvalue weighted by atomic mass is 9.89. The van der Waals surface area contributed by atoms with E-state index < -0.39 is 0 Å². The van der Waals surface area contributed by atoms with E-state index in [-0.39, 0.29) is 23.7 Å². The van der Waals surface area contributed by atoms with Gasteiger partial charge in [0.15, 0.2) is 5.13 Å². The number of rotatable bonds is 2. The molecule has 1 saturated heterocycles. The third-order valence-electron chi connectivity index (χ3n) is 2.76. The number of aryl methyl sites for hydroxylation is 1. The molecule has 0 spiro atoms. The van der Waals surface area contributed by atoms with Crippen LogP contribution in [0.2, 0.25) is 0 Å². The molecule has 2 rings (SSSR count). The number of nitrogens with zero attached hydrogens (tertiary/aromatic N) is 1. The molecule has 2 heterocycles. The van der Waals surface area contributed by atoms with Crippen molar-refractivity contribution in [3.8, 4) is 0 Å². The summed E-state index contributed by atoms with van der Waals surface area (Å²) >= 11 is 1.51. The number of halogens is 1. The van der Waals surface area contributed by atoms with Crippen LogP contribution < -0.4 is 10.6 Å². The summed E-state index contributed by atoms with van der Waals surface area (Å²) in [5, 5.41) is 6.78. The number of nitrogens with one attached hydrogen (secondary N) is 2. The van der Waals surface area contributed by atoms with Gasteiger partial charge in [-0.05, 0) is 26.8 Å². The van der Waals surface area contributed by atoms with Gasteiger partial charge >= 0.3 is 0 Å². The Morgan fingerprint density at radius 3 is 2.94 bits per heavy atom. The van der Waals surface area contributed by atoms with Crippen LogP contribution in [0.25, 0.3) is 0 Å². The lowest BCUT2D eigenvalue weighted by Gasteiger charge is -2.20. The van der Waals surface area contributed by atoms with Crippen LogP contribution in [0, 0.1) is 12.3 Å². The van der Waals surface area contributed by atoms with E-state index >= 15 is 0 Å². The summed E-state index contributed by atoms with van der Waals surface area (Å²) in [5.41, 5.74) is -0.278. The fourth-order valence-corrected chi connectivity index (χ4v) is 2.33. The Balaban J connectivity index is 0.00000128. The minimum absolute atomic E-state index is 0. The third kappa shape index (κ3) is 2.72. The van der Waals surface area contributed by atoms with Crippen molar-refractivity contribution in [1.29, 1.82) is 0 Å². The van der Waals surface area contributed by atoms with E-state index in [1.807, 2.05) is 13.8 Å². The fourth-order valence-electron chi connectivity index (χ4n) is 1.67. The Bertz CT molecular complexity index is 374. The molecule has 1 amide bonds. The minimum atomic E-state index is -0.278. The predicted octanol–water partition coefficient (Wildman–Crippen LogP) is 1.81. The maximum Gasteiger partial charge on any atom is 0.233 e. The highest BCUT2D eigenvalue weighted by atomic mass is 35.5. The monoisotopic (exact) mass is 261 g/mol. The number of hydrogen-bond acceptors (Lipinski definition) is 4. The molecule has 2 N–H and O–H groups in total. The largest absolute Gasteiger partial charge is 0.316 e. The predicted molar refractivity (Wildman–Crippen MR) is 68.3 cm³/mol. The molecule has 0 aliphatic carbocycles. The van der Waals surface area contributed by atoms with Crippen LogP contribution >= 0.6 is 23.7 Å². The molecule has 0 aromatic carbocycles. The second-order valence-corrected chi connectivity index (χ2v) is 5.45. The molecule has 0 bridgehead atoms. The first-order chi connectivity index (χ1) is 7.10. The lowest BCUT2D eigenvalue weighted by molar-refractivity contribution is -0.123. The van der Waals surface area contributed by atoms with Gasteiger partial charge in [0.1, 0.15) is 0 Å². The summed E-state index contributed by atoms with van der Waals surface area (Å²) in [6.07, 6.45) is 2.67. The van der Waals surface area contributed by atoms with Crippen LogP contribution in [-0.2, 0) is 4.79 Å². The average Bonchev–Trinajstić information content (AvgIpc) is 2.76. The van der Waals surface area contributed by atoms with E-state index in [0.29, 0.717) is 5.13 Å². The molecule has 1 fully saturated rings. The zero-order valence-corrected chi connectivity index (χ0v) is 11.0. The molecule has 1 unspecified atom stereocenters. The Morgan fingerprint density at radius 1 is 1.69 bits per heavy atom. The smallest absolute Gasteiger partial charge is 0.233 e. The summed E-state index contributed by atoms with van der Waals surface area (Å²) in [6, 6.07) is 0. The van der Waals surface area contributed by atoms with Gasteiger partial charge in [-0.3, -0.25) is 4.79 Å². The van der Waals surface area contributed by atoms with Crippen molar-refractivity contribution in [3.63, 3.8) is 0 Å². The third-order valence-corrected chi connectivity index (χ3v) is 3.59. The van der Waals surface area contributed by atoms with Gasteiger partial charge in [0.2, 0.25) is 5.91 Å². The molecule has 0 radical (unpaired) electrons. The van der Waals surface area contributed by atoms with Gasteiger partial charge in [-0.25, -0.2) is 4.98 Å². The molecule has 90 valence electrons. The molecule has 1 atom stereocenters. The Hall–Kier alpha value is -0.650. The van der Waals surface area contributed by atoms with Gasteiger partial charge in [-0.1, -0.05) is 0 Å². The Labute approximate surface area is 105 Å². The van der Waals surface area contributed by atoms with Crippen LogP contribution in [-0.4, -0.2) is 24.0 Å². The Kier molecular flexibility index (Phi) is 4.29. The summed E-state index contributed by atoms with van der Waals surface area (Å²) in [5.74, 6) is 0.0712. The lowest BCUT2D eigenvalue weighted by Crippen LogP contribution is -2.35. The van der Waals surface area contributed by atoms with Gasteiger partial charge < -0.3 is 10.6 Å². The molecule has 1 aliphatic heterocycles. The SMILES string of the molecule is Cc1cnc(NC(=O)C2(C)CCNC2)s1.Cl. The van der Waals surface area contributed by atoms with Gasteiger partial charge in [0, 0.05) is 17.6 Å². The Morgan fingerprint density at radius 2 is 2.44 bits per heavy atom. The summed E-state index contributed by atoms with van der Waals surface area (Å²) in [4.78, 5) is 17.2. The first kappa shape index (κ1) is 13.4. The van der Waals surface area contributed by atoms with E-state index in [1.165, 1.54) is 11.3 Å². The summed E-state index contributed by atoms with van der Waals surface area (Å²) < 4.78 is 0. The number of anilines is 1. The van der Waals surface area contributed by atoms with Gasteiger partial charge in [0.05, 0.1) is 5.41 Å². The number of hydrogen-bond donors (Lipinski definition) is 2. The van der Waals surface area contributed by atoms with Crippen molar-refractivity contribution in [2.45, 2.75) is 20.3 Å². The van der Waals surface area contributed by atoms with Gasteiger partial charge in [-0.2, -0.15) is 0 Å². The zero-order chi connectivity index (χ0) is 10.9. The number of amides is 1. The van der Waals surface area contributed by atoms with Crippen LogP contribution in [0.1, 0.15) is 18.2 Å². The van der Waals surface area contributed by atoms with E-state index in [2.05, 4.69) is 15.6 Å².